The van der Waals surface area contributed by atoms with Crippen molar-refractivity contribution in [3.63, 3.8) is 0 Å². The molecule has 0 bridgehead atoms. The molecule has 0 heterocycles. The van der Waals surface area contributed by atoms with E-state index in [4.69, 9.17) is 5.11 Å². The zero-order chi connectivity index (χ0) is 13.7. The molecule has 2 atom stereocenters. The molecule has 0 aromatic rings. The number of carboxylic acids is 1. The lowest BCUT2D eigenvalue weighted by Gasteiger charge is -2.26. The third-order valence-corrected chi connectivity index (χ3v) is 3.05. The molecule has 0 saturated heterocycles. The third kappa shape index (κ3) is 3.09. The number of methoxy groups -OCH3 is 2. The van der Waals surface area contributed by atoms with Gasteiger partial charge in [-0.2, -0.15) is 0 Å². The molecule has 0 fully saturated rings. The number of hydrogen-bond donors (Lipinski definition) is 1. The molecule has 0 saturated carbocycles. The molecule has 100 valence electrons. The summed E-state index contributed by atoms with van der Waals surface area (Å²) in [6, 6.07) is 0. The molecule has 0 aromatic heterocycles. The number of allylic oxidation sites excluding steroid dienone is 2. The minimum atomic E-state index is -1.10. The van der Waals surface area contributed by atoms with Crippen LogP contribution in [0.15, 0.2) is 12.2 Å². The first-order valence-corrected chi connectivity index (χ1v) is 5.56. The summed E-state index contributed by atoms with van der Waals surface area (Å²) in [6.07, 6.45) is 3.98. The second-order valence-corrected chi connectivity index (χ2v) is 4.12. The summed E-state index contributed by atoms with van der Waals surface area (Å²) < 4.78 is 9.13. The fraction of sp³-hybridized carbons (Fsp3) is 0.583. The Labute approximate surface area is 105 Å². The Balaban J connectivity index is 2.89. The first-order valence-electron chi connectivity index (χ1n) is 5.56. The smallest absolute Gasteiger partial charge is 0.320 e. The number of esters is 2. The molecule has 0 amide bonds. The molecule has 1 N–H and O–H groups in total. The quantitative estimate of drug-likeness (QED) is 0.450. The van der Waals surface area contributed by atoms with Crippen molar-refractivity contribution >= 4 is 17.9 Å². The van der Waals surface area contributed by atoms with Gasteiger partial charge in [-0.15, -0.1) is 0 Å². The van der Waals surface area contributed by atoms with Crippen LogP contribution in [0, 0.1) is 17.8 Å². The fourth-order valence-corrected chi connectivity index (χ4v) is 2.07. The Morgan fingerprint density at radius 3 is 2.22 bits per heavy atom. The lowest BCUT2D eigenvalue weighted by atomic mass is 9.79. The predicted molar refractivity (Wildman–Crippen MR) is 60.5 cm³/mol. The van der Waals surface area contributed by atoms with E-state index in [0.29, 0.717) is 6.42 Å². The molecular formula is C12H16O6. The Morgan fingerprint density at radius 2 is 1.78 bits per heavy atom. The summed E-state index contributed by atoms with van der Waals surface area (Å²) >= 11 is 0. The average Bonchev–Trinajstić information content (AvgIpc) is 2.38. The highest BCUT2D eigenvalue weighted by molar-refractivity contribution is 5.95. The number of hydrogen-bond acceptors (Lipinski definition) is 5. The average molecular weight is 256 g/mol. The van der Waals surface area contributed by atoms with Crippen molar-refractivity contribution in [2.45, 2.75) is 12.8 Å². The first-order chi connectivity index (χ1) is 8.51. The van der Waals surface area contributed by atoms with Crippen LogP contribution in [0.3, 0.4) is 0 Å². The van der Waals surface area contributed by atoms with Crippen LogP contribution in [-0.2, 0) is 23.9 Å². The van der Waals surface area contributed by atoms with Gasteiger partial charge in [-0.1, -0.05) is 12.2 Å². The summed E-state index contributed by atoms with van der Waals surface area (Å²) in [5, 5.41) is 8.96. The van der Waals surface area contributed by atoms with E-state index < -0.39 is 35.7 Å². The fourth-order valence-electron chi connectivity index (χ4n) is 2.07. The van der Waals surface area contributed by atoms with Gasteiger partial charge in [-0.3, -0.25) is 14.4 Å². The second kappa shape index (κ2) is 6.18. The number of aliphatic carboxylic acids is 1. The van der Waals surface area contributed by atoms with Gasteiger partial charge in [0.25, 0.3) is 0 Å². The molecule has 1 rings (SSSR count). The summed E-state index contributed by atoms with van der Waals surface area (Å²) in [5.41, 5.74) is 0. The summed E-state index contributed by atoms with van der Waals surface area (Å²) in [6.45, 7) is 0. The van der Waals surface area contributed by atoms with Gasteiger partial charge < -0.3 is 14.6 Å². The van der Waals surface area contributed by atoms with Gasteiger partial charge in [0, 0.05) is 5.92 Å². The van der Waals surface area contributed by atoms with Crippen molar-refractivity contribution in [1.29, 1.82) is 0 Å². The molecule has 0 radical (unpaired) electrons. The van der Waals surface area contributed by atoms with Crippen molar-refractivity contribution in [3.05, 3.63) is 12.2 Å². The minimum absolute atomic E-state index is 0.223. The standard InChI is InChI=1S/C12H16O6/c1-17-11(15)9(12(16)18-2)7-4-3-5-8(6-7)10(13)14/h3-4,7-9H,5-6H2,1-2H3,(H,13,14)/t7-,8+/m0/s1. The first kappa shape index (κ1) is 14.2. The summed E-state index contributed by atoms with van der Waals surface area (Å²) in [7, 11) is 2.36. The number of carboxylic acid groups (broad SMARTS) is 1. The van der Waals surface area contributed by atoms with Crippen molar-refractivity contribution in [2.75, 3.05) is 14.2 Å². The van der Waals surface area contributed by atoms with E-state index in [9.17, 15) is 14.4 Å². The van der Waals surface area contributed by atoms with Gasteiger partial charge in [0.2, 0.25) is 0 Å². The van der Waals surface area contributed by atoms with Gasteiger partial charge in [-0.05, 0) is 12.8 Å². The molecule has 1 aliphatic carbocycles. The van der Waals surface area contributed by atoms with Crippen molar-refractivity contribution in [3.8, 4) is 0 Å². The second-order valence-electron chi connectivity index (χ2n) is 4.12. The predicted octanol–water partition coefficient (Wildman–Crippen LogP) is 0.616. The lowest BCUT2D eigenvalue weighted by Crippen LogP contribution is -2.35. The molecule has 0 unspecified atom stereocenters. The van der Waals surface area contributed by atoms with Crippen LogP contribution in [0.2, 0.25) is 0 Å². The van der Waals surface area contributed by atoms with Crippen LogP contribution in [0.1, 0.15) is 12.8 Å². The highest BCUT2D eigenvalue weighted by Gasteiger charge is 2.39. The van der Waals surface area contributed by atoms with Crippen LogP contribution >= 0.6 is 0 Å². The van der Waals surface area contributed by atoms with E-state index in [2.05, 4.69) is 9.47 Å². The maximum atomic E-state index is 11.6. The Hall–Kier alpha value is -1.85. The van der Waals surface area contributed by atoms with Crippen LogP contribution < -0.4 is 0 Å². The third-order valence-electron chi connectivity index (χ3n) is 3.05. The van der Waals surface area contributed by atoms with Crippen LogP contribution in [0.5, 0.6) is 0 Å². The van der Waals surface area contributed by atoms with Crippen LogP contribution in [-0.4, -0.2) is 37.2 Å². The summed E-state index contributed by atoms with van der Waals surface area (Å²) in [4.78, 5) is 34.1. The maximum absolute atomic E-state index is 11.6. The van der Waals surface area contributed by atoms with Crippen molar-refractivity contribution in [2.24, 2.45) is 17.8 Å². The molecule has 1 aliphatic rings. The zero-order valence-electron chi connectivity index (χ0n) is 10.3. The zero-order valence-corrected chi connectivity index (χ0v) is 10.3. The van der Waals surface area contributed by atoms with Crippen LogP contribution in [0.4, 0.5) is 0 Å². The van der Waals surface area contributed by atoms with Gasteiger partial charge in [0.05, 0.1) is 20.1 Å². The Bertz CT molecular complexity index is 357. The summed E-state index contributed by atoms with van der Waals surface area (Å²) in [5.74, 6) is -4.53. The number of ether oxygens (including phenoxy) is 2. The molecule has 18 heavy (non-hydrogen) atoms. The number of rotatable bonds is 4. The molecule has 6 nitrogen and oxygen atoms in total. The van der Waals surface area contributed by atoms with E-state index in [1.165, 1.54) is 14.2 Å². The van der Waals surface area contributed by atoms with E-state index in [1.54, 1.807) is 12.2 Å². The topological polar surface area (TPSA) is 89.9 Å². The van der Waals surface area contributed by atoms with Gasteiger partial charge in [0.15, 0.2) is 5.92 Å². The van der Waals surface area contributed by atoms with E-state index in [-0.39, 0.29) is 6.42 Å². The van der Waals surface area contributed by atoms with Gasteiger partial charge in [0.1, 0.15) is 0 Å². The molecule has 0 aromatic carbocycles. The van der Waals surface area contributed by atoms with E-state index in [1.807, 2.05) is 0 Å². The number of carbonyl (C=O) groups is 3. The normalized spacial score (nSPS) is 22.6. The molecule has 0 aliphatic heterocycles. The maximum Gasteiger partial charge on any atom is 0.320 e. The SMILES string of the molecule is COC(=O)C(C(=O)OC)[C@H]1C=CC[C@@H](C(=O)O)C1. The van der Waals surface area contributed by atoms with Crippen molar-refractivity contribution < 1.29 is 29.0 Å². The molecular weight excluding hydrogens is 240 g/mol. The minimum Gasteiger partial charge on any atom is -0.481 e. The van der Waals surface area contributed by atoms with E-state index in [0.717, 1.165) is 0 Å². The monoisotopic (exact) mass is 256 g/mol. The Morgan fingerprint density at radius 1 is 1.22 bits per heavy atom. The van der Waals surface area contributed by atoms with Gasteiger partial charge in [-0.25, -0.2) is 0 Å². The lowest BCUT2D eigenvalue weighted by molar-refractivity contribution is -0.162. The molecule has 6 heteroatoms. The van der Waals surface area contributed by atoms with Crippen molar-refractivity contribution in [1.82, 2.24) is 0 Å². The largest absolute Gasteiger partial charge is 0.481 e. The molecule has 0 spiro atoms. The van der Waals surface area contributed by atoms with E-state index >= 15 is 0 Å². The Kier molecular flexibility index (Phi) is 4.88. The highest BCUT2D eigenvalue weighted by Crippen LogP contribution is 2.30. The van der Waals surface area contributed by atoms with Gasteiger partial charge >= 0.3 is 17.9 Å². The number of carbonyl (C=O) groups excluding carboxylic acids is 2. The van der Waals surface area contributed by atoms with Crippen LogP contribution in [0.25, 0.3) is 0 Å². The highest BCUT2D eigenvalue weighted by atomic mass is 16.5.